The van der Waals surface area contributed by atoms with Crippen LogP contribution < -0.4 is 15.4 Å². The molecule has 176 valence electrons. The lowest BCUT2D eigenvalue weighted by atomic mass is 10.1. The molecule has 0 saturated carbocycles. The van der Waals surface area contributed by atoms with Crippen molar-refractivity contribution in [1.29, 1.82) is 0 Å². The lowest BCUT2D eigenvalue weighted by Gasteiger charge is -2.32. The van der Waals surface area contributed by atoms with Gasteiger partial charge in [0.05, 0.1) is 12.8 Å². The third-order valence-corrected chi connectivity index (χ3v) is 5.48. The molecule has 0 spiro atoms. The van der Waals surface area contributed by atoms with Gasteiger partial charge in [0.1, 0.15) is 11.6 Å². The van der Waals surface area contributed by atoms with Crippen LogP contribution in [0.15, 0.2) is 42.5 Å². The number of amides is 3. The summed E-state index contributed by atoms with van der Waals surface area (Å²) < 4.78 is 18.3. The van der Waals surface area contributed by atoms with Crippen LogP contribution in [0.5, 0.6) is 5.75 Å². The van der Waals surface area contributed by atoms with E-state index < -0.39 is 5.82 Å². The minimum absolute atomic E-state index is 0.0789. The number of nitrogens with one attached hydrogen (secondary N) is 2. The van der Waals surface area contributed by atoms with Gasteiger partial charge in [-0.1, -0.05) is 0 Å². The molecule has 9 heteroatoms. The van der Waals surface area contributed by atoms with E-state index in [0.717, 1.165) is 13.1 Å². The van der Waals surface area contributed by atoms with Crippen molar-refractivity contribution < 1.29 is 23.5 Å². The van der Waals surface area contributed by atoms with E-state index in [0.29, 0.717) is 48.6 Å². The second kappa shape index (κ2) is 11.4. The Morgan fingerprint density at radius 3 is 2.33 bits per heavy atom. The van der Waals surface area contributed by atoms with Crippen molar-refractivity contribution in [2.75, 3.05) is 52.2 Å². The van der Waals surface area contributed by atoms with Gasteiger partial charge in [0.15, 0.2) is 0 Å². The summed E-state index contributed by atoms with van der Waals surface area (Å²) in [6, 6.07) is 10.2. The number of hydrogen-bond acceptors (Lipinski definition) is 5. The van der Waals surface area contributed by atoms with Crippen LogP contribution >= 0.6 is 0 Å². The number of halogens is 1. The molecule has 2 aromatic carbocycles. The Balaban J connectivity index is 1.51. The fourth-order valence-electron chi connectivity index (χ4n) is 3.50. The summed E-state index contributed by atoms with van der Waals surface area (Å²) in [7, 11) is 3.52. The zero-order valence-electron chi connectivity index (χ0n) is 18.9. The van der Waals surface area contributed by atoms with Gasteiger partial charge >= 0.3 is 0 Å². The second-order valence-corrected chi connectivity index (χ2v) is 7.93. The molecule has 0 aromatic heterocycles. The number of ether oxygens (including phenoxy) is 1. The van der Waals surface area contributed by atoms with Gasteiger partial charge < -0.3 is 25.2 Å². The number of carbonyl (C=O) groups is 3. The maximum atomic E-state index is 12.9. The summed E-state index contributed by atoms with van der Waals surface area (Å²) in [5.74, 6) is -0.610. The number of anilines is 1. The third kappa shape index (κ3) is 6.76. The number of piperazine rings is 1. The second-order valence-electron chi connectivity index (χ2n) is 7.93. The number of hydrogen-bond donors (Lipinski definition) is 2. The van der Waals surface area contributed by atoms with Gasteiger partial charge in [-0.2, -0.15) is 0 Å². The Bertz CT molecular complexity index is 988. The van der Waals surface area contributed by atoms with Crippen molar-refractivity contribution in [2.24, 2.45) is 0 Å². The molecule has 0 unspecified atom stereocenters. The molecule has 0 radical (unpaired) electrons. The molecule has 1 heterocycles. The van der Waals surface area contributed by atoms with Crippen LogP contribution in [0, 0.1) is 5.82 Å². The zero-order valence-corrected chi connectivity index (χ0v) is 18.9. The summed E-state index contributed by atoms with van der Waals surface area (Å²) in [5.41, 5.74) is 1.27. The van der Waals surface area contributed by atoms with Gasteiger partial charge in [-0.25, -0.2) is 4.39 Å². The highest BCUT2D eigenvalue weighted by Gasteiger charge is 2.21. The maximum Gasteiger partial charge on any atom is 0.254 e. The van der Waals surface area contributed by atoms with Gasteiger partial charge in [-0.3, -0.25) is 14.4 Å². The SMILES string of the molecule is COc1ccc(C(=O)N2CCN(C)CC2)cc1NC(=O)CCCNC(=O)c1ccc(F)cc1. The quantitative estimate of drug-likeness (QED) is 0.596. The first kappa shape index (κ1) is 24.2. The monoisotopic (exact) mass is 456 g/mol. The molecule has 1 saturated heterocycles. The summed E-state index contributed by atoms with van der Waals surface area (Å²) in [6.07, 6.45) is 0.588. The molecule has 33 heavy (non-hydrogen) atoms. The highest BCUT2D eigenvalue weighted by molar-refractivity contribution is 5.98. The van der Waals surface area contributed by atoms with Crippen LogP contribution in [0.1, 0.15) is 33.6 Å². The van der Waals surface area contributed by atoms with Crippen molar-refractivity contribution >= 4 is 23.4 Å². The average Bonchev–Trinajstić information content (AvgIpc) is 2.82. The van der Waals surface area contributed by atoms with Crippen LogP contribution in [0.4, 0.5) is 10.1 Å². The predicted molar refractivity (Wildman–Crippen MR) is 123 cm³/mol. The lowest BCUT2D eigenvalue weighted by molar-refractivity contribution is -0.116. The van der Waals surface area contributed by atoms with Crippen molar-refractivity contribution in [3.05, 3.63) is 59.4 Å². The van der Waals surface area contributed by atoms with Crippen molar-refractivity contribution in [2.45, 2.75) is 12.8 Å². The molecule has 1 aliphatic heterocycles. The normalized spacial score (nSPS) is 14.0. The van der Waals surface area contributed by atoms with E-state index in [-0.39, 0.29) is 24.1 Å². The van der Waals surface area contributed by atoms with Crippen LogP contribution in [-0.4, -0.2) is 74.4 Å². The van der Waals surface area contributed by atoms with Gasteiger partial charge in [0.25, 0.3) is 11.8 Å². The number of carbonyl (C=O) groups excluding carboxylic acids is 3. The minimum Gasteiger partial charge on any atom is -0.495 e. The fraction of sp³-hybridized carbons (Fsp3) is 0.375. The average molecular weight is 457 g/mol. The van der Waals surface area contributed by atoms with E-state index >= 15 is 0 Å². The third-order valence-electron chi connectivity index (χ3n) is 5.48. The van der Waals surface area contributed by atoms with Crippen LogP contribution in [0.3, 0.4) is 0 Å². The van der Waals surface area contributed by atoms with E-state index in [1.807, 2.05) is 7.05 Å². The molecule has 1 aliphatic rings. The van der Waals surface area contributed by atoms with Crippen molar-refractivity contribution in [3.8, 4) is 5.75 Å². The van der Waals surface area contributed by atoms with E-state index in [1.165, 1.54) is 31.4 Å². The topological polar surface area (TPSA) is 91.0 Å². The molecule has 0 atom stereocenters. The molecule has 3 amide bonds. The molecular formula is C24H29FN4O4. The standard InChI is InChI=1S/C24H29FN4O4/c1-28-12-14-29(15-13-28)24(32)18-7-10-21(33-2)20(16-18)27-22(30)4-3-11-26-23(31)17-5-8-19(25)9-6-17/h5-10,16H,3-4,11-15H2,1-2H3,(H,26,31)(H,27,30). The number of rotatable bonds is 8. The Morgan fingerprint density at radius 1 is 1.00 bits per heavy atom. The van der Waals surface area contributed by atoms with Crippen LogP contribution in [-0.2, 0) is 4.79 Å². The molecule has 1 fully saturated rings. The number of nitrogens with zero attached hydrogens (tertiary/aromatic N) is 2. The Hall–Kier alpha value is -3.46. The molecule has 0 bridgehead atoms. The van der Waals surface area contributed by atoms with Gasteiger partial charge in [-0.05, 0) is 55.9 Å². The highest BCUT2D eigenvalue weighted by Crippen LogP contribution is 2.26. The van der Waals surface area contributed by atoms with E-state index in [1.54, 1.807) is 23.1 Å². The maximum absolute atomic E-state index is 12.9. The molecule has 2 N–H and O–H groups in total. The minimum atomic E-state index is -0.409. The molecular weight excluding hydrogens is 427 g/mol. The zero-order chi connectivity index (χ0) is 23.8. The van der Waals surface area contributed by atoms with E-state index in [4.69, 9.17) is 4.74 Å². The van der Waals surface area contributed by atoms with Gasteiger partial charge in [0, 0.05) is 50.3 Å². The predicted octanol–water partition coefficient (Wildman–Crippen LogP) is 2.37. The summed E-state index contributed by atoms with van der Waals surface area (Å²) in [4.78, 5) is 41.3. The van der Waals surface area contributed by atoms with Gasteiger partial charge in [0.2, 0.25) is 5.91 Å². The van der Waals surface area contributed by atoms with E-state index in [2.05, 4.69) is 15.5 Å². The fourth-order valence-corrected chi connectivity index (χ4v) is 3.50. The number of benzene rings is 2. The summed E-state index contributed by atoms with van der Waals surface area (Å²) >= 11 is 0. The van der Waals surface area contributed by atoms with Crippen LogP contribution in [0.2, 0.25) is 0 Å². The highest BCUT2D eigenvalue weighted by atomic mass is 19.1. The first-order valence-electron chi connectivity index (χ1n) is 10.9. The lowest BCUT2D eigenvalue weighted by Crippen LogP contribution is -2.47. The largest absolute Gasteiger partial charge is 0.495 e. The Kier molecular flexibility index (Phi) is 8.37. The van der Waals surface area contributed by atoms with Crippen LogP contribution in [0.25, 0.3) is 0 Å². The van der Waals surface area contributed by atoms with Crippen molar-refractivity contribution in [1.82, 2.24) is 15.1 Å². The number of likely N-dealkylation sites (N-methyl/N-ethyl adjacent to an activating group) is 1. The van der Waals surface area contributed by atoms with Gasteiger partial charge in [-0.15, -0.1) is 0 Å². The molecule has 3 rings (SSSR count). The Labute approximate surface area is 192 Å². The van der Waals surface area contributed by atoms with Crippen molar-refractivity contribution in [3.63, 3.8) is 0 Å². The molecule has 0 aliphatic carbocycles. The smallest absolute Gasteiger partial charge is 0.254 e. The Morgan fingerprint density at radius 2 is 1.67 bits per heavy atom. The van der Waals surface area contributed by atoms with E-state index in [9.17, 15) is 18.8 Å². The first-order chi connectivity index (χ1) is 15.9. The summed E-state index contributed by atoms with van der Waals surface area (Å²) in [5, 5.41) is 5.50. The molecule has 2 aromatic rings. The molecule has 8 nitrogen and oxygen atoms in total. The summed E-state index contributed by atoms with van der Waals surface area (Å²) in [6.45, 7) is 3.26. The first-order valence-corrected chi connectivity index (χ1v) is 10.9. The number of methoxy groups -OCH3 is 1.